The van der Waals surface area contributed by atoms with Gasteiger partial charge in [-0.15, -0.1) is 0 Å². The zero-order chi connectivity index (χ0) is 15.6. The Morgan fingerprint density at radius 3 is 2.24 bits per heavy atom. The van der Waals surface area contributed by atoms with E-state index < -0.39 is 26.8 Å². The molecule has 6 heteroatoms. The molecular formula is C15H11F2NO2S. The lowest BCUT2D eigenvalue weighted by Gasteiger charge is -2.09. The van der Waals surface area contributed by atoms with Crippen molar-refractivity contribution in [2.45, 2.75) is 17.2 Å². The summed E-state index contributed by atoms with van der Waals surface area (Å²) in [6.45, 7) is 8.87. The zero-order valence-electron chi connectivity index (χ0n) is 11.0. The molecule has 21 heavy (non-hydrogen) atoms. The Morgan fingerprint density at radius 2 is 1.71 bits per heavy atom. The molecule has 2 aromatic carbocycles. The summed E-state index contributed by atoms with van der Waals surface area (Å²) in [7, 11) is -4.07. The van der Waals surface area contributed by atoms with Gasteiger partial charge in [0.15, 0.2) is 0 Å². The van der Waals surface area contributed by atoms with Gasteiger partial charge in [0, 0.05) is 6.07 Å². The summed E-state index contributed by atoms with van der Waals surface area (Å²) in [6, 6.07) is 8.40. The van der Waals surface area contributed by atoms with E-state index in [1.165, 1.54) is 12.1 Å². The molecule has 1 atom stereocenters. The molecule has 3 nitrogen and oxygen atoms in total. The maximum absolute atomic E-state index is 13.7. The summed E-state index contributed by atoms with van der Waals surface area (Å²) < 4.78 is 51.5. The second-order valence-electron chi connectivity index (χ2n) is 4.51. The van der Waals surface area contributed by atoms with Crippen molar-refractivity contribution in [1.29, 1.82) is 0 Å². The molecule has 0 saturated carbocycles. The monoisotopic (exact) mass is 307 g/mol. The summed E-state index contributed by atoms with van der Waals surface area (Å²) in [6.07, 6.45) is 0. The minimum atomic E-state index is -4.07. The van der Waals surface area contributed by atoms with Crippen LogP contribution in [-0.4, -0.2) is 8.42 Å². The SMILES string of the molecule is [C-]#[N+][C@@H](c1ccc(F)cc1F)S(=O)(=O)c1ccc(C)cc1. The van der Waals surface area contributed by atoms with Gasteiger partial charge < -0.3 is 0 Å². The minimum absolute atomic E-state index is 0.0715. The van der Waals surface area contributed by atoms with Crippen LogP contribution in [0, 0.1) is 25.1 Å². The average molecular weight is 307 g/mol. The number of benzene rings is 2. The molecule has 0 saturated heterocycles. The van der Waals surface area contributed by atoms with E-state index in [1.807, 2.05) is 0 Å². The second kappa shape index (κ2) is 5.62. The van der Waals surface area contributed by atoms with Gasteiger partial charge in [-0.25, -0.2) is 23.8 Å². The molecule has 0 N–H and O–H groups in total. The lowest BCUT2D eigenvalue weighted by atomic mass is 10.2. The predicted octanol–water partition coefficient (Wildman–Crippen LogP) is 3.67. The van der Waals surface area contributed by atoms with Gasteiger partial charge in [0.1, 0.15) is 11.6 Å². The maximum atomic E-state index is 13.7. The number of sulfone groups is 1. The Bertz CT molecular complexity index is 809. The Kier molecular flexibility index (Phi) is 4.05. The molecule has 0 bridgehead atoms. The number of halogens is 2. The van der Waals surface area contributed by atoms with Crippen molar-refractivity contribution in [3.05, 3.63) is 76.6 Å². The van der Waals surface area contributed by atoms with Crippen LogP contribution in [-0.2, 0) is 9.84 Å². The van der Waals surface area contributed by atoms with E-state index >= 15 is 0 Å². The number of hydrogen-bond donors (Lipinski definition) is 0. The molecule has 0 unspecified atom stereocenters. The first-order chi connectivity index (χ1) is 9.86. The topological polar surface area (TPSA) is 38.5 Å². The van der Waals surface area contributed by atoms with Gasteiger partial charge >= 0.3 is 5.37 Å². The molecule has 0 fully saturated rings. The first kappa shape index (κ1) is 15.1. The van der Waals surface area contributed by atoms with Crippen molar-refractivity contribution in [2.75, 3.05) is 0 Å². The fraction of sp³-hybridized carbons (Fsp3) is 0.133. The van der Waals surface area contributed by atoms with Gasteiger partial charge in [-0.1, -0.05) is 17.7 Å². The zero-order valence-corrected chi connectivity index (χ0v) is 11.9. The number of hydrogen-bond acceptors (Lipinski definition) is 2. The quantitative estimate of drug-likeness (QED) is 0.812. The molecule has 0 radical (unpaired) electrons. The third-order valence-electron chi connectivity index (χ3n) is 2.99. The van der Waals surface area contributed by atoms with E-state index in [1.54, 1.807) is 19.1 Å². The lowest BCUT2D eigenvalue weighted by Crippen LogP contribution is -2.12. The summed E-state index contributed by atoms with van der Waals surface area (Å²) in [5.41, 5.74) is 0.508. The van der Waals surface area contributed by atoms with Crippen molar-refractivity contribution in [1.82, 2.24) is 0 Å². The minimum Gasteiger partial charge on any atom is -0.291 e. The first-order valence-corrected chi connectivity index (χ1v) is 7.53. The molecule has 0 spiro atoms. The van der Waals surface area contributed by atoms with E-state index in [9.17, 15) is 17.2 Å². The second-order valence-corrected chi connectivity index (χ2v) is 6.51. The van der Waals surface area contributed by atoms with Crippen molar-refractivity contribution in [3.8, 4) is 0 Å². The highest BCUT2D eigenvalue weighted by molar-refractivity contribution is 7.91. The van der Waals surface area contributed by atoms with Gasteiger partial charge in [0.25, 0.3) is 9.84 Å². The molecule has 0 aromatic heterocycles. The van der Waals surface area contributed by atoms with E-state index in [2.05, 4.69) is 4.85 Å². The molecule has 0 aliphatic heterocycles. The fourth-order valence-electron chi connectivity index (χ4n) is 1.86. The Morgan fingerprint density at radius 1 is 1.10 bits per heavy atom. The summed E-state index contributed by atoms with van der Waals surface area (Å²) in [5, 5.41) is -1.74. The average Bonchev–Trinajstić information content (AvgIpc) is 2.42. The third kappa shape index (κ3) is 2.93. The van der Waals surface area contributed by atoms with Crippen LogP contribution in [0.3, 0.4) is 0 Å². The summed E-state index contributed by atoms with van der Waals surface area (Å²) >= 11 is 0. The Hall–Kier alpha value is -2.26. The molecule has 0 aliphatic carbocycles. The van der Waals surface area contributed by atoms with Crippen molar-refractivity contribution in [2.24, 2.45) is 0 Å². The van der Waals surface area contributed by atoms with Crippen LogP contribution in [0.2, 0.25) is 0 Å². The summed E-state index contributed by atoms with van der Waals surface area (Å²) in [5.74, 6) is -1.88. The standard InChI is InChI=1S/C15H11F2NO2S/c1-10-3-6-12(7-4-10)21(19,20)15(18-2)13-8-5-11(16)9-14(13)17/h3-9,15H,1H3/t15-/m1/s1. The molecule has 0 amide bonds. The smallest absolute Gasteiger partial charge is 0.291 e. The van der Waals surface area contributed by atoms with Crippen LogP contribution in [0.15, 0.2) is 47.4 Å². The number of nitrogens with zero attached hydrogens (tertiary/aromatic N) is 1. The van der Waals surface area contributed by atoms with Gasteiger partial charge in [-0.05, 0) is 31.2 Å². The fourth-order valence-corrected chi connectivity index (χ4v) is 3.30. The molecule has 0 aliphatic rings. The molecule has 2 rings (SSSR count). The summed E-state index contributed by atoms with van der Waals surface area (Å²) in [4.78, 5) is 2.95. The molecule has 0 heterocycles. The van der Waals surface area contributed by atoms with Crippen LogP contribution in [0.4, 0.5) is 8.78 Å². The maximum Gasteiger partial charge on any atom is 0.353 e. The van der Waals surface area contributed by atoms with E-state index in [4.69, 9.17) is 6.57 Å². The van der Waals surface area contributed by atoms with Crippen LogP contribution in [0.1, 0.15) is 16.5 Å². The highest BCUT2D eigenvalue weighted by Crippen LogP contribution is 2.32. The Labute approximate surface area is 121 Å². The number of aryl methyl sites for hydroxylation is 1. The van der Waals surface area contributed by atoms with Gasteiger partial charge in [0.2, 0.25) is 0 Å². The van der Waals surface area contributed by atoms with Gasteiger partial charge in [-0.3, -0.25) is 4.85 Å². The van der Waals surface area contributed by atoms with E-state index in [0.717, 1.165) is 17.7 Å². The van der Waals surface area contributed by atoms with Crippen molar-refractivity contribution in [3.63, 3.8) is 0 Å². The third-order valence-corrected chi connectivity index (χ3v) is 4.87. The highest BCUT2D eigenvalue weighted by Gasteiger charge is 2.36. The highest BCUT2D eigenvalue weighted by atomic mass is 32.2. The van der Waals surface area contributed by atoms with Crippen LogP contribution in [0.25, 0.3) is 4.85 Å². The molecular weight excluding hydrogens is 296 g/mol. The van der Waals surface area contributed by atoms with Gasteiger partial charge in [-0.2, -0.15) is 0 Å². The van der Waals surface area contributed by atoms with Gasteiger partial charge in [0.05, 0.1) is 10.5 Å². The lowest BCUT2D eigenvalue weighted by molar-refractivity contribution is 0.563. The van der Waals surface area contributed by atoms with Crippen molar-refractivity contribution >= 4 is 9.84 Å². The van der Waals surface area contributed by atoms with E-state index in [0.29, 0.717) is 6.07 Å². The first-order valence-electron chi connectivity index (χ1n) is 5.98. The van der Waals surface area contributed by atoms with Crippen LogP contribution in [0.5, 0.6) is 0 Å². The normalized spacial score (nSPS) is 12.7. The van der Waals surface area contributed by atoms with Crippen molar-refractivity contribution < 1.29 is 17.2 Å². The van der Waals surface area contributed by atoms with Crippen LogP contribution < -0.4 is 0 Å². The number of rotatable bonds is 3. The van der Waals surface area contributed by atoms with Crippen LogP contribution >= 0.6 is 0 Å². The Balaban J connectivity index is 2.55. The molecule has 108 valence electrons. The predicted molar refractivity (Wildman–Crippen MR) is 74.1 cm³/mol. The molecule has 2 aromatic rings. The largest absolute Gasteiger partial charge is 0.353 e. The van der Waals surface area contributed by atoms with E-state index in [-0.39, 0.29) is 10.5 Å².